The third-order valence-corrected chi connectivity index (χ3v) is 11.3. The van der Waals surface area contributed by atoms with Gasteiger partial charge in [0, 0.05) is 6.61 Å². The van der Waals surface area contributed by atoms with Crippen LogP contribution >= 0.6 is 0 Å². The lowest BCUT2D eigenvalue weighted by Crippen LogP contribution is -2.69. The molecule has 0 fully saturated rings. The summed E-state index contributed by atoms with van der Waals surface area (Å²) in [5, 5.41) is 14.9. The second-order valence-corrected chi connectivity index (χ2v) is 15.7. The van der Waals surface area contributed by atoms with Crippen LogP contribution in [0.25, 0.3) is 0 Å². The molecule has 3 heteroatoms. The molecule has 4 rings (SSSR count). The first-order valence-corrected chi connectivity index (χ1v) is 15.6. The smallest absolute Gasteiger partial charge is 0.288 e. The van der Waals surface area contributed by atoms with Crippen LogP contribution in [-0.2, 0) is 21.7 Å². The molecule has 0 aromatic heterocycles. The summed E-state index contributed by atoms with van der Waals surface area (Å²) in [5.74, 6) is 0.439. The number of benzene rings is 4. The lowest BCUT2D eigenvalue weighted by atomic mass is 9.78. The van der Waals surface area contributed by atoms with Crippen LogP contribution in [0.4, 0.5) is 0 Å². The average molecular weight is 523 g/mol. The van der Waals surface area contributed by atoms with Crippen molar-refractivity contribution in [2.75, 3.05) is 6.61 Å². The molecule has 2 nitrogen and oxygen atoms in total. The largest absolute Gasteiger partial charge is 0.507 e. The topological polar surface area (TPSA) is 29.5 Å². The van der Waals surface area contributed by atoms with Gasteiger partial charge < -0.3 is 9.53 Å². The molecular weight excluding hydrogens is 480 g/mol. The number of aryl methyl sites for hydroxylation is 1. The van der Waals surface area contributed by atoms with Crippen LogP contribution in [0.1, 0.15) is 64.7 Å². The van der Waals surface area contributed by atoms with Gasteiger partial charge in [0.05, 0.1) is 0 Å². The zero-order valence-electron chi connectivity index (χ0n) is 23.8. The molecule has 0 aliphatic rings. The lowest BCUT2D eigenvalue weighted by molar-refractivity contribution is 0.316. The third-order valence-electron chi connectivity index (χ3n) is 7.26. The van der Waals surface area contributed by atoms with Crippen LogP contribution in [0.3, 0.4) is 0 Å². The highest BCUT2D eigenvalue weighted by Gasteiger charge is 2.41. The molecule has 4 aromatic rings. The molecule has 198 valence electrons. The Hall–Kier alpha value is -3.14. The van der Waals surface area contributed by atoms with E-state index in [0.717, 1.165) is 24.0 Å². The number of hydrogen-bond donors (Lipinski definition) is 1. The summed E-state index contributed by atoms with van der Waals surface area (Å²) in [6.07, 6.45) is 1.80. The van der Waals surface area contributed by atoms with Crippen LogP contribution in [0.2, 0.25) is 0 Å². The molecule has 38 heavy (non-hydrogen) atoms. The van der Waals surface area contributed by atoms with Gasteiger partial charge >= 0.3 is 0 Å². The van der Waals surface area contributed by atoms with E-state index in [1.807, 2.05) is 0 Å². The highest BCUT2D eigenvalue weighted by Crippen LogP contribution is 2.40. The van der Waals surface area contributed by atoms with Crippen LogP contribution in [0.15, 0.2) is 103 Å². The van der Waals surface area contributed by atoms with E-state index in [0.29, 0.717) is 12.4 Å². The second kappa shape index (κ2) is 11.3. The Morgan fingerprint density at radius 1 is 0.605 bits per heavy atom. The Labute approximate surface area is 230 Å². The van der Waals surface area contributed by atoms with Gasteiger partial charge in [0.15, 0.2) is 0 Å². The lowest BCUT2D eigenvalue weighted by Gasteiger charge is -2.33. The third kappa shape index (κ3) is 5.95. The minimum atomic E-state index is -2.69. The molecule has 0 aliphatic heterocycles. The SMILES string of the molecule is CC(C)(C)c1cc(CCCO[Si](c2ccccc2)(c2ccccc2)c2ccccc2)cc(C(C)(C)C)c1O. The van der Waals surface area contributed by atoms with Gasteiger partial charge in [-0.15, -0.1) is 0 Å². The Balaban J connectivity index is 1.67. The Kier molecular flexibility index (Phi) is 8.30. The van der Waals surface area contributed by atoms with Gasteiger partial charge in [-0.1, -0.05) is 145 Å². The van der Waals surface area contributed by atoms with Crippen molar-refractivity contribution in [2.45, 2.75) is 65.2 Å². The summed E-state index contributed by atoms with van der Waals surface area (Å²) in [4.78, 5) is 0. The van der Waals surface area contributed by atoms with E-state index in [9.17, 15) is 5.11 Å². The Bertz CT molecular complexity index is 1190. The number of aromatic hydroxyl groups is 1. The summed E-state index contributed by atoms with van der Waals surface area (Å²) in [6.45, 7) is 13.7. The summed E-state index contributed by atoms with van der Waals surface area (Å²) in [6, 6.07) is 36.6. The van der Waals surface area contributed by atoms with E-state index in [4.69, 9.17) is 4.43 Å². The molecule has 1 N–H and O–H groups in total. The van der Waals surface area contributed by atoms with Crippen molar-refractivity contribution in [1.82, 2.24) is 0 Å². The van der Waals surface area contributed by atoms with Gasteiger partial charge in [-0.05, 0) is 55.9 Å². The van der Waals surface area contributed by atoms with E-state index in [-0.39, 0.29) is 10.8 Å². The molecule has 0 spiro atoms. The molecule has 0 atom stereocenters. The van der Waals surface area contributed by atoms with Gasteiger partial charge in [-0.25, -0.2) is 0 Å². The van der Waals surface area contributed by atoms with Crippen molar-refractivity contribution in [3.63, 3.8) is 0 Å². The van der Waals surface area contributed by atoms with E-state index >= 15 is 0 Å². The van der Waals surface area contributed by atoms with Crippen molar-refractivity contribution in [1.29, 1.82) is 0 Å². The molecule has 0 aliphatic carbocycles. The van der Waals surface area contributed by atoms with Crippen LogP contribution in [-0.4, -0.2) is 20.0 Å². The van der Waals surface area contributed by atoms with Gasteiger partial charge in [0.25, 0.3) is 8.32 Å². The van der Waals surface area contributed by atoms with Crippen molar-refractivity contribution in [3.8, 4) is 5.75 Å². The summed E-state index contributed by atoms with van der Waals surface area (Å²) < 4.78 is 7.12. The number of hydrogen-bond acceptors (Lipinski definition) is 2. The van der Waals surface area contributed by atoms with Crippen molar-refractivity contribution < 1.29 is 9.53 Å². The molecule has 4 aromatic carbocycles. The summed E-state index contributed by atoms with van der Waals surface area (Å²) in [7, 11) is -2.69. The van der Waals surface area contributed by atoms with E-state index in [1.165, 1.54) is 21.1 Å². The fourth-order valence-corrected chi connectivity index (χ4v) is 9.19. The van der Waals surface area contributed by atoms with E-state index in [2.05, 4.69) is 145 Å². The molecule has 0 radical (unpaired) electrons. The van der Waals surface area contributed by atoms with E-state index < -0.39 is 8.32 Å². The first-order chi connectivity index (χ1) is 18.0. The maximum Gasteiger partial charge on any atom is 0.288 e. The highest BCUT2D eigenvalue weighted by molar-refractivity contribution is 7.07. The van der Waals surface area contributed by atoms with Crippen molar-refractivity contribution in [2.24, 2.45) is 0 Å². The number of phenols is 1. The van der Waals surface area contributed by atoms with Gasteiger partial charge in [0.1, 0.15) is 5.75 Å². The first-order valence-electron chi connectivity index (χ1n) is 13.7. The Morgan fingerprint density at radius 2 is 0.974 bits per heavy atom. The van der Waals surface area contributed by atoms with Crippen LogP contribution in [0.5, 0.6) is 5.75 Å². The standard InChI is InChI=1S/C35H42O2Si/c1-34(2,3)31-25-27(26-32(33(31)36)35(4,5)6)17-16-24-37-38(28-18-10-7-11-19-28,29-20-12-8-13-21-29)30-22-14-9-15-23-30/h7-15,18-23,25-26,36H,16-17,24H2,1-6H3. The molecule has 0 unspecified atom stereocenters. The maximum atomic E-state index is 11.1. The highest BCUT2D eigenvalue weighted by atomic mass is 28.4. The number of rotatable bonds is 8. The van der Waals surface area contributed by atoms with Gasteiger partial charge in [-0.3, -0.25) is 0 Å². The van der Waals surface area contributed by atoms with Gasteiger partial charge in [-0.2, -0.15) is 0 Å². The first kappa shape index (κ1) is 27.9. The number of phenolic OH excluding ortho intramolecular Hbond substituents is 1. The summed E-state index contributed by atoms with van der Waals surface area (Å²) in [5.41, 5.74) is 3.02. The molecule has 0 amide bonds. The van der Waals surface area contributed by atoms with Crippen molar-refractivity contribution in [3.05, 3.63) is 120 Å². The summed E-state index contributed by atoms with van der Waals surface area (Å²) >= 11 is 0. The predicted molar refractivity (Wildman–Crippen MR) is 164 cm³/mol. The quantitative estimate of drug-likeness (QED) is 0.160. The second-order valence-electron chi connectivity index (χ2n) is 12.3. The van der Waals surface area contributed by atoms with Crippen molar-refractivity contribution >= 4 is 23.9 Å². The molecule has 0 saturated carbocycles. The average Bonchev–Trinajstić information content (AvgIpc) is 2.90. The van der Waals surface area contributed by atoms with E-state index in [1.54, 1.807) is 0 Å². The van der Waals surface area contributed by atoms with Gasteiger partial charge in [0.2, 0.25) is 0 Å². The Morgan fingerprint density at radius 3 is 1.32 bits per heavy atom. The minimum absolute atomic E-state index is 0.132. The van der Waals surface area contributed by atoms with Crippen LogP contribution in [0, 0.1) is 0 Å². The minimum Gasteiger partial charge on any atom is -0.507 e. The monoisotopic (exact) mass is 522 g/mol. The molecule has 0 saturated heterocycles. The zero-order valence-corrected chi connectivity index (χ0v) is 24.8. The zero-order chi connectivity index (χ0) is 27.4. The molecule has 0 bridgehead atoms. The normalized spacial score (nSPS) is 12.5. The fourth-order valence-electron chi connectivity index (χ4n) is 5.25. The van der Waals surface area contributed by atoms with Crippen LogP contribution < -0.4 is 15.6 Å². The molecular formula is C35H42O2Si. The fraction of sp³-hybridized carbons (Fsp3) is 0.314. The molecule has 0 heterocycles. The predicted octanol–water partition coefficient (Wildman–Crippen LogP) is 6.60. The maximum absolute atomic E-state index is 11.1.